The van der Waals surface area contributed by atoms with E-state index in [1.54, 1.807) is 0 Å². The van der Waals surface area contributed by atoms with E-state index < -0.39 is 9.84 Å². The van der Waals surface area contributed by atoms with Crippen LogP contribution in [0.3, 0.4) is 0 Å². The van der Waals surface area contributed by atoms with E-state index in [-0.39, 0.29) is 29.8 Å². The van der Waals surface area contributed by atoms with Gasteiger partial charge in [0.2, 0.25) is 5.91 Å². The second kappa shape index (κ2) is 6.43. The van der Waals surface area contributed by atoms with Crippen LogP contribution in [-0.4, -0.2) is 55.9 Å². The van der Waals surface area contributed by atoms with Crippen LogP contribution >= 0.6 is 0 Å². The standard InChI is InChI=1S/C14H26N2O3S/c1-11(2)10-20(18,19)8-6-14(17)16-7-5-12-3-4-13(9-16)15-12/h11-13,15H,3-10H2,1-2H3. The van der Waals surface area contributed by atoms with E-state index in [9.17, 15) is 13.2 Å². The molecule has 1 N–H and O–H groups in total. The Kier molecular flexibility index (Phi) is 5.07. The minimum atomic E-state index is -3.10. The van der Waals surface area contributed by atoms with Crippen molar-refractivity contribution in [1.29, 1.82) is 0 Å². The van der Waals surface area contributed by atoms with E-state index in [1.165, 1.54) is 6.42 Å². The Morgan fingerprint density at radius 1 is 1.25 bits per heavy atom. The maximum Gasteiger partial charge on any atom is 0.223 e. The highest BCUT2D eigenvalue weighted by Gasteiger charge is 2.31. The van der Waals surface area contributed by atoms with Crippen LogP contribution in [0.4, 0.5) is 0 Å². The number of likely N-dealkylation sites (tertiary alicyclic amines) is 1. The fourth-order valence-electron chi connectivity index (χ4n) is 3.16. The minimum Gasteiger partial charge on any atom is -0.341 e. The van der Waals surface area contributed by atoms with Gasteiger partial charge in [0.05, 0.1) is 11.5 Å². The number of hydrogen-bond acceptors (Lipinski definition) is 4. The van der Waals surface area contributed by atoms with Gasteiger partial charge in [-0.05, 0) is 25.2 Å². The van der Waals surface area contributed by atoms with Gasteiger partial charge in [-0.1, -0.05) is 13.8 Å². The van der Waals surface area contributed by atoms with E-state index >= 15 is 0 Å². The molecule has 2 unspecified atom stereocenters. The molecule has 2 atom stereocenters. The number of nitrogens with zero attached hydrogens (tertiary/aromatic N) is 1. The van der Waals surface area contributed by atoms with Gasteiger partial charge in [0.15, 0.2) is 9.84 Å². The highest BCUT2D eigenvalue weighted by atomic mass is 32.2. The molecule has 5 nitrogen and oxygen atoms in total. The second-order valence-corrected chi connectivity index (χ2v) is 8.75. The summed E-state index contributed by atoms with van der Waals surface area (Å²) in [4.78, 5) is 14.0. The SMILES string of the molecule is CC(C)CS(=O)(=O)CCC(=O)N1CCC2CCC(C1)N2. The molecule has 2 aliphatic heterocycles. The largest absolute Gasteiger partial charge is 0.341 e. The molecule has 2 bridgehead atoms. The first-order valence-electron chi connectivity index (χ1n) is 7.60. The van der Waals surface area contributed by atoms with Crippen molar-refractivity contribution in [1.82, 2.24) is 10.2 Å². The van der Waals surface area contributed by atoms with Crippen molar-refractivity contribution in [2.24, 2.45) is 5.92 Å². The summed E-state index contributed by atoms with van der Waals surface area (Å²) >= 11 is 0. The Balaban J connectivity index is 1.83. The van der Waals surface area contributed by atoms with Crippen molar-refractivity contribution in [3.05, 3.63) is 0 Å². The molecule has 1 amide bonds. The van der Waals surface area contributed by atoms with Gasteiger partial charge in [0.1, 0.15) is 0 Å². The molecule has 2 saturated heterocycles. The number of sulfone groups is 1. The fraction of sp³-hybridized carbons (Fsp3) is 0.929. The first-order chi connectivity index (χ1) is 9.35. The van der Waals surface area contributed by atoms with Crippen LogP contribution in [0, 0.1) is 5.92 Å². The van der Waals surface area contributed by atoms with E-state index in [0.29, 0.717) is 12.1 Å². The second-order valence-electron chi connectivity index (χ2n) is 6.52. The maximum absolute atomic E-state index is 12.2. The van der Waals surface area contributed by atoms with Crippen molar-refractivity contribution < 1.29 is 13.2 Å². The lowest BCUT2D eigenvalue weighted by atomic mass is 10.1. The summed E-state index contributed by atoms with van der Waals surface area (Å²) in [6, 6.07) is 0.946. The quantitative estimate of drug-likeness (QED) is 0.816. The Morgan fingerprint density at radius 3 is 2.65 bits per heavy atom. The average molecular weight is 302 g/mol. The summed E-state index contributed by atoms with van der Waals surface area (Å²) in [7, 11) is -3.10. The number of hydrogen-bond donors (Lipinski definition) is 1. The van der Waals surface area contributed by atoms with Gasteiger partial charge in [-0.15, -0.1) is 0 Å². The van der Waals surface area contributed by atoms with E-state index in [2.05, 4.69) is 5.32 Å². The number of nitrogens with one attached hydrogen (secondary N) is 1. The molecule has 116 valence electrons. The molecule has 0 aromatic rings. The third-order valence-corrected chi connectivity index (χ3v) is 6.09. The predicted octanol–water partition coefficient (Wildman–Crippen LogP) is 0.800. The van der Waals surface area contributed by atoms with Gasteiger partial charge in [0, 0.05) is 31.6 Å². The first-order valence-corrected chi connectivity index (χ1v) is 9.42. The molecule has 2 aliphatic rings. The molecule has 2 heterocycles. The van der Waals surface area contributed by atoms with E-state index in [1.807, 2.05) is 18.7 Å². The summed E-state index contributed by atoms with van der Waals surface area (Å²) in [5.74, 6) is 0.272. The van der Waals surface area contributed by atoms with Gasteiger partial charge in [-0.2, -0.15) is 0 Å². The lowest BCUT2D eigenvalue weighted by molar-refractivity contribution is -0.131. The van der Waals surface area contributed by atoms with Crippen LogP contribution in [0.15, 0.2) is 0 Å². The predicted molar refractivity (Wildman–Crippen MR) is 79.3 cm³/mol. The first kappa shape index (κ1) is 15.8. The number of carbonyl (C=O) groups is 1. The number of amides is 1. The van der Waals surface area contributed by atoms with Crippen LogP contribution in [-0.2, 0) is 14.6 Å². The lowest BCUT2D eigenvalue weighted by Gasteiger charge is -2.24. The smallest absolute Gasteiger partial charge is 0.223 e. The van der Waals surface area contributed by atoms with E-state index in [0.717, 1.165) is 25.9 Å². The molecule has 2 rings (SSSR count). The van der Waals surface area contributed by atoms with Gasteiger partial charge in [-0.3, -0.25) is 4.79 Å². The summed E-state index contributed by atoms with van der Waals surface area (Å²) in [6.07, 6.45) is 3.45. The molecule has 6 heteroatoms. The Bertz CT molecular complexity index is 447. The average Bonchev–Trinajstić information content (AvgIpc) is 2.64. The Morgan fingerprint density at radius 2 is 1.95 bits per heavy atom. The Labute approximate surface area is 122 Å². The molecule has 2 fully saturated rings. The normalized spacial score (nSPS) is 26.9. The summed E-state index contributed by atoms with van der Waals surface area (Å²) in [6.45, 7) is 5.27. The molecule has 0 radical (unpaired) electrons. The third-order valence-electron chi connectivity index (χ3n) is 4.09. The molecule has 20 heavy (non-hydrogen) atoms. The molecule has 0 aliphatic carbocycles. The zero-order chi connectivity index (χ0) is 14.8. The number of carbonyl (C=O) groups excluding carboxylic acids is 1. The molecule has 0 spiro atoms. The topological polar surface area (TPSA) is 66.5 Å². The van der Waals surface area contributed by atoms with Gasteiger partial charge < -0.3 is 10.2 Å². The van der Waals surface area contributed by atoms with Crippen LogP contribution < -0.4 is 5.32 Å². The van der Waals surface area contributed by atoms with Crippen LogP contribution in [0.5, 0.6) is 0 Å². The maximum atomic E-state index is 12.2. The van der Waals surface area contributed by atoms with Crippen molar-refractivity contribution in [2.75, 3.05) is 24.6 Å². The number of rotatable bonds is 5. The van der Waals surface area contributed by atoms with Gasteiger partial charge >= 0.3 is 0 Å². The highest BCUT2D eigenvalue weighted by Crippen LogP contribution is 2.20. The monoisotopic (exact) mass is 302 g/mol. The van der Waals surface area contributed by atoms with Crippen LogP contribution in [0.25, 0.3) is 0 Å². The van der Waals surface area contributed by atoms with E-state index in [4.69, 9.17) is 0 Å². The number of fused-ring (bicyclic) bond motifs is 2. The highest BCUT2D eigenvalue weighted by molar-refractivity contribution is 7.91. The Hall–Kier alpha value is -0.620. The minimum absolute atomic E-state index is 0.00770. The fourth-order valence-corrected chi connectivity index (χ4v) is 4.83. The zero-order valence-electron chi connectivity index (χ0n) is 12.5. The van der Waals surface area contributed by atoms with Crippen LogP contribution in [0.2, 0.25) is 0 Å². The molecular weight excluding hydrogens is 276 g/mol. The molecular formula is C14H26N2O3S. The molecule has 0 saturated carbocycles. The van der Waals surface area contributed by atoms with Crippen molar-refractivity contribution >= 4 is 15.7 Å². The summed E-state index contributed by atoms with van der Waals surface area (Å²) in [5, 5.41) is 3.52. The summed E-state index contributed by atoms with van der Waals surface area (Å²) in [5.41, 5.74) is 0. The van der Waals surface area contributed by atoms with Crippen LogP contribution in [0.1, 0.15) is 39.5 Å². The van der Waals surface area contributed by atoms with Gasteiger partial charge in [-0.25, -0.2) is 8.42 Å². The lowest BCUT2D eigenvalue weighted by Crippen LogP contribution is -2.39. The van der Waals surface area contributed by atoms with Gasteiger partial charge in [0.25, 0.3) is 0 Å². The third kappa shape index (κ3) is 4.45. The van der Waals surface area contributed by atoms with Crippen molar-refractivity contribution in [2.45, 2.75) is 51.6 Å². The van der Waals surface area contributed by atoms with Crippen molar-refractivity contribution in [3.63, 3.8) is 0 Å². The van der Waals surface area contributed by atoms with Crippen molar-refractivity contribution in [3.8, 4) is 0 Å². The zero-order valence-corrected chi connectivity index (χ0v) is 13.3. The molecule has 0 aromatic carbocycles. The summed E-state index contributed by atoms with van der Waals surface area (Å²) < 4.78 is 23.7. The molecule has 0 aromatic heterocycles.